The monoisotopic (exact) mass is 421 g/mol. The van der Waals surface area contributed by atoms with Crippen LogP contribution in [0.25, 0.3) is 0 Å². The molecule has 3 aliphatic carbocycles. The van der Waals surface area contributed by atoms with Gasteiger partial charge >= 0.3 is 0 Å². The first-order valence-electron chi connectivity index (χ1n) is 10.2. The van der Waals surface area contributed by atoms with Crippen molar-refractivity contribution in [3.63, 3.8) is 0 Å². The molecule has 7 rings (SSSR count). The predicted octanol–water partition coefficient (Wildman–Crippen LogP) is 3.34. The molecule has 32 heavy (non-hydrogen) atoms. The van der Waals surface area contributed by atoms with E-state index in [1.165, 1.54) is 24.3 Å². The minimum atomic E-state index is -1.83. The average Bonchev–Trinajstić information content (AvgIpc) is 3.09. The third-order valence-electron chi connectivity index (χ3n) is 7.12. The summed E-state index contributed by atoms with van der Waals surface area (Å²) in [6.07, 6.45) is 0. The number of nitrogens with zero attached hydrogens (tertiary/aromatic N) is 3. The Hall–Kier alpha value is -4.31. The Morgan fingerprint density at radius 3 is 1.97 bits per heavy atom. The topological polar surface area (TPSA) is 104 Å². The molecule has 3 aromatic rings. The molecule has 1 saturated heterocycles. The van der Waals surface area contributed by atoms with E-state index in [-0.39, 0.29) is 4.92 Å². The van der Waals surface area contributed by atoms with Crippen molar-refractivity contribution < 1.29 is 14.5 Å². The van der Waals surface area contributed by atoms with Crippen LogP contribution in [0.2, 0.25) is 0 Å². The van der Waals surface area contributed by atoms with E-state index < -0.39 is 35.1 Å². The van der Waals surface area contributed by atoms with Crippen molar-refractivity contribution in [2.45, 2.75) is 11.5 Å². The second kappa shape index (κ2) is 6.11. The molecular weight excluding hydrogens is 406 g/mol. The number of anilines is 1. The SMILES string of the molecule is N#Cc1ccc(N2C(=O)[C@H]3C4c5ccccc5C([N+](=O)[O-])(c5ccccc54)[C@H]3C2=O)cc1. The maximum atomic E-state index is 13.8. The van der Waals surface area contributed by atoms with Crippen LogP contribution in [-0.2, 0) is 15.1 Å². The maximum absolute atomic E-state index is 13.8. The molecule has 7 heteroatoms. The van der Waals surface area contributed by atoms with Gasteiger partial charge in [-0.3, -0.25) is 19.7 Å². The minimum Gasteiger partial charge on any atom is -0.274 e. The first-order valence-corrected chi connectivity index (χ1v) is 10.2. The Bertz CT molecular complexity index is 1340. The highest BCUT2D eigenvalue weighted by Gasteiger charge is 2.74. The number of rotatable bonds is 2. The molecule has 1 aliphatic heterocycles. The first kappa shape index (κ1) is 18.5. The Morgan fingerprint density at radius 2 is 1.44 bits per heavy atom. The molecule has 2 atom stereocenters. The van der Waals surface area contributed by atoms with Crippen LogP contribution in [0.1, 0.15) is 33.7 Å². The van der Waals surface area contributed by atoms with E-state index in [0.29, 0.717) is 22.4 Å². The molecule has 2 amide bonds. The van der Waals surface area contributed by atoms with Crippen LogP contribution < -0.4 is 4.90 Å². The van der Waals surface area contributed by atoms with Gasteiger partial charge in [0.25, 0.3) is 5.54 Å². The lowest BCUT2D eigenvalue weighted by molar-refractivity contribution is -0.578. The summed E-state index contributed by atoms with van der Waals surface area (Å²) in [6, 6.07) is 22.3. The van der Waals surface area contributed by atoms with Gasteiger partial charge in [0.05, 0.1) is 23.2 Å². The number of nitro groups is 1. The molecule has 0 radical (unpaired) electrons. The quantitative estimate of drug-likeness (QED) is 0.359. The average molecular weight is 421 g/mol. The van der Waals surface area contributed by atoms with Gasteiger partial charge in [-0.2, -0.15) is 5.26 Å². The first-order chi connectivity index (χ1) is 15.5. The molecule has 0 aromatic heterocycles. The summed E-state index contributed by atoms with van der Waals surface area (Å²) < 4.78 is 0. The van der Waals surface area contributed by atoms with E-state index in [1.807, 2.05) is 30.3 Å². The summed E-state index contributed by atoms with van der Waals surface area (Å²) in [4.78, 5) is 41.0. The molecular formula is C25H15N3O4. The van der Waals surface area contributed by atoms with Gasteiger partial charge in [-0.05, 0) is 35.4 Å². The van der Waals surface area contributed by atoms with E-state index in [1.54, 1.807) is 24.3 Å². The van der Waals surface area contributed by atoms with Gasteiger partial charge in [0, 0.05) is 22.0 Å². The van der Waals surface area contributed by atoms with Crippen LogP contribution in [-0.4, -0.2) is 16.7 Å². The van der Waals surface area contributed by atoms with Crippen LogP contribution in [0.15, 0.2) is 72.8 Å². The number of nitriles is 1. The van der Waals surface area contributed by atoms with Crippen molar-refractivity contribution in [1.82, 2.24) is 0 Å². The highest BCUT2D eigenvalue weighted by Crippen LogP contribution is 2.64. The van der Waals surface area contributed by atoms with Crippen LogP contribution in [0.5, 0.6) is 0 Å². The molecule has 1 fully saturated rings. The number of imide groups is 1. The summed E-state index contributed by atoms with van der Waals surface area (Å²) in [6.45, 7) is 0. The Balaban J connectivity index is 1.64. The van der Waals surface area contributed by atoms with Gasteiger partial charge in [0.1, 0.15) is 5.92 Å². The molecule has 4 aliphatic rings. The second-order valence-corrected chi connectivity index (χ2v) is 8.35. The fourth-order valence-electron chi connectivity index (χ4n) is 5.98. The van der Waals surface area contributed by atoms with Crippen LogP contribution in [0.3, 0.4) is 0 Å². The number of carbonyl (C=O) groups is 2. The number of hydrogen-bond acceptors (Lipinski definition) is 5. The molecule has 7 nitrogen and oxygen atoms in total. The third-order valence-corrected chi connectivity index (χ3v) is 7.12. The minimum absolute atomic E-state index is 0.319. The van der Waals surface area contributed by atoms with Gasteiger partial charge in [-0.15, -0.1) is 0 Å². The normalized spacial score (nSPS) is 26.8. The lowest BCUT2D eigenvalue weighted by Gasteiger charge is -2.48. The summed E-state index contributed by atoms with van der Waals surface area (Å²) in [7, 11) is 0. The number of amides is 2. The Kier molecular flexibility index (Phi) is 3.52. The number of hydrogen-bond donors (Lipinski definition) is 0. The zero-order valence-electron chi connectivity index (χ0n) is 16.6. The van der Waals surface area contributed by atoms with E-state index in [0.717, 1.165) is 16.0 Å². The van der Waals surface area contributed by atoms with Gasteiger partial charge in [-0.1, -0.05) is 48.5 Å². The molecule has 3 aromatic carbocycles. The molecule has 0 spiro atoms. The summed E-state index contributed by atoms with van der Waals surface area (Å²) in [5.74, 6) is -3.46. The molecule has 0 N–H and O–H groups in total. The Morgan fingerprint density at radius 1 is 0.875 bits per heavy atom. The lowest BCUT2D eigenvalue weighted by atomic mass is 9.51. The number of benzene rings is 3. The van der Waals surface area contributed by atoms with Gasteiger partial charge < -0.3 is 0 Å². The van der Waals surface area contributed by atoms with Crippen LogP contribution in [0, 0.1) is 33.3 Å². The third kappa shape index (κ3) is 1.95. The van der Waals surface area contributed by atoms with Crippen molar-refractivity contribution in [3.8, 4) is 6.07 Å². The molecule has 0 saturated carbocycles. The van der Waals surface area contributed by atoms with Crippen molar-refractivity contribution >= 4 is 17.5 Å². The molecule has 1 heterocycles. The Labute approximate surface area is 182 Å². The van der Waals surface area contributed by atoms with Gasteiger partial charge in [0.15, 0.2) is 0 Å². The van der Waals surface area contributed by atoms with Gasteiger partial charge in [0.2, 0.25) is 11.8 Å². The summed E-state index contributed by atoms with van der Waals surface area (Å²) in [5.41, 5.74) is 1.31. The van der Waals surface area contributed by atoms with Crippen LogP contribution >= 0.6 is 0 Å². The highest BCUT2D eigenvalue weighted by atomic mass is 16.6. The van der Waals surface area contributed by atoms with Crippen molar-refractivity contribution in [2.24, 2.45) is 11.8 Å². The number of carbonyl (C=O) groups excluding carboxylic acids is 2. The summed E-state index contributed by atoms with van der Waals surface area (Å²) in [5, 5.41) is 21.9. The van der Waals surface area contributed by atoms with Gasteiger partial charge in [-0.25, -0.2) is 4.90 Å². The smallest absolute Gasteiger partial charge is 0.274 e. The summed E-state index contributed by atoms with van der Waals surface area (Å²) >= 11 is 0. The molecule has 0 unspecified atom stereocenters. The van der Waals surface area contributed by atoms with E-state index in [2.05, 4.69) is 0 Å². The van der Waals surface area contributed by atoms with Crippen LogP contribution in [0.4, 0.5) is 5.69 Å². The van der Waals surface area contributed by atoms with Crippen molar-refractivity contribution in [3.05, 3.63) is 111 Å². The standard InChI is InChI=1S/C25H15N3O4/c26-13-14-9-11-15(12-10-14)27-23(29)21-20-16-5-1-3-7-18(16)25(28(31)32,22(21)24(27)30)19-8-4-2-6-17(19)20/h1-12,20-22H/t20?,21-,22+,25?/m0/s1. The zero-order valence-corrected chi connectivity index (χ0v) is 16.6. The van der Waals surface area contributed by atoms with E-state index in [9.17, 15) is 19.7 Å². The second-order valence-electron chi connectivity index (χ2n) is 8.35. The van der Waals surface area contributed by atoms with E-state index in [4.69, 9.17) is 5.26 Å². The lowest BCUT2D eigenvalue weighted by Crippen LogP contribution is -2.57. The highest BCUT2D eigenvalue weighted by molar-refractivity contribution is 6.23. The van der Waals surface area contributed by atoms with Crippen molar-refractivity contribution in [2.75, 3.05) is 4.90 Å². The van der Waals surface area contributed by atoms with E-state index >= 15 is 0 Å². The van der Waals surface area contributed by atoms with Crippen molar-refractivity contribution in [1.29, 1.82) is 5.26 Å². The largest absolute Gasteiger partial charge is 0.285 e. The molecule has 2 bridgehead atoms. The zero-order chi connectivity index (χ0) is 22.2. The predicted molar refractivity (Wildman–Crippen MR) is 113 cm³/mol. The molecule has 154 valence electrons. The fourth-order valence-corrected chi connectivity index (χ4v) is 5.98. The fraction of sp³-hybridized carbons (Fsp3) is 0.160. The maximum Gasteiger partial charge on any atom is 0.285 e.